The van der Waals surface area contributed by atoms with Crippen LogP contribution in [0.25, 0.3) is 10.1 Å². The highest BCUT2D eigenvalue weighted by molar-refractivity contribution is 7.53. The monoisotopic (exact) mass is 1130 g/mol. The number of morpholine rings is 1. The molecule has 0 spiro atoms. The molecule has 4 aliphatic rings. The zero-order valence-corrected chi connectivity index (χ0v) is 46.7. The van der Waals surface area contributed by atoms with Crippen LogP contribution in [-0.4, -0.2) is 125 Å². The van der Waals surface area contributed by atoms with E-state index in [1.807, 2.05) is 36.4 Å². The van der Waals surface area contributed by atoms with Crippen LogP contribution in [-0.2, 0) is 59.5 Å². The van der Waals surface area contributed by atoms with Crippen molar-refractivity contribution < 1.29 is 70.5 Å². The van der Waals surface area contributed by atoms with Crippen LogP contribution < -0.4 is 10.6 Å². The molecule has 6 amide bonds. The number of carbonyl (C=O) groups is 7. The van der Waals surface area contributed by atoms with Gasteiger partial charge in [0.05, 0.1) is 29.5 Å². The number of hydrogen-bond donors (Lipinski definition) is 3. The second-order valence-corrected chi connectivity index (χ2v) is 25.2. The third-order valence-electron chi connectivity index (χ3n) is 14.3. The van der Waals surface area contributed by atoms with E-state index in [-0.39, 0.29) is 79.6 Å². The van der Waals surface area contributed by atoms with E-state index in [0.29, 0.717) is 41.8 Å². The lowest BCUT2D eigenvalue weighted by Gasteiger charge is -2.38. The first-order valence-corrected chi connectivity index (χ1v) is 28.7. The number of carbonyl (C=O) groups excluding carboxylic acids is 7. The molecule has 0 radical (unpaired) electrons. The number of imide groups is 1. The first kappa shape index (κ1) is 58.7. The number of nitrogens with one attached hydrogen (secondary N) is 2. The topological polar surface area (TPSA) is 227 Å². The molecule has 5 heterocycles. The van der Waals surface area contributed by atoms with Crippen LogP contribution in [0.4, 0.5) is 8.78 Å². The second kappa shape index (κ2) is 24.1. The summed E-state index contributed by atoms with van der Waals surface area (Å²) in [6.45, 7) is 10.2. The van der Waals surface area contributed by atoms with Gasteiger partial charge in [-0.25, -0.2) is 0 Å². The Morgan fingerprint density at radius 1 is 0.962 bits per heavy atom. The van der Waals surface area contributed by atoms with Gasteiger partial charge in [0.2, 0.25) is 30.4 Å². The fourth-order valence-electron chi connectivity index (χ4n) is 9.90. The SMILES string of the molecule is CC(C)(C)C(=O)OCOP(=O)(O)C(F)(F)c1ccc2sc(C(=O)N[C@H](C(=O)N3C[C@@H](OCCCCCC#Cc4cccc5c4CN(C4CCC(=O)NC4=O)C5=O)C[C@H]3C(=O)N3CCOC(c4ccccc4)C3)C(C)(C)C)cc2c1. The molecule has 3 aromatic carbocycles. The highest BCUT2D eigenvalue weighted by Crippen LogP contribution is 2.63. The smallest absolute Gasteiger partial charge is 0.404 e. The van der Waals surface area contributed by atoms with Crippen LogP contribution in [0.5, 0.6) is 0 Å². The Kier molecular flexibility index (Phi) is 17.9. The van der Waals surface area contributed by atoms with E-state index >= 15 is 8.78 Å². The van der Waals surface area contributed by atoms with Crippen LogP contribution in [0, 0.1) is 22.7 Å². The van der Waals surface area contributed by atoms with E-state index in [0.717, 1.165) is 47.4 Å². The number of amides is 6. The molecule has 22 heteroatoms. The van der Waals surface area contributed by atoms with E-state index in [9.17, 15) is 43.0 Å². The van der Waals surface area contributed by atoms with Crippen molar-refractivity contribution in [2.45, 2.75) is 129 Å². The van der Waals surface area contributed by atoms with Crippen molar-refractivity contribution in [3.8, 4) is 11.8 Å². The van der Waals surface area contributed by atoms with Gasteiger partial charge in [-0.1, -0.05) is 81.5 Å². The summed E-state index contributed by atoms with van der Waals surface area (Å²) in [5.41, 5.74) is -4.36. The number of esters is 1. The number of halogens is 2. The lowest BCUT2D eigenvalue weighted by atomic mass is 9.85. The van der Waals surface area contributed by atoms with E-state index in [2.05, 4.69) is 27.0 Å². The average Bonchev–Trinajstić information content (AvgIpc) is 4.27. The summed E-state index contributed by atoms with van der Waals surface area (Å²) in [5, 5.41) is 5.35. The number of benzene rings is 3. The minimum Gasteiger partial charge on any atom is -0.438 e. The molecule has 422 valence electrons. The molecule has 8 rings (SSSR count). The van der Waals surface area contributed by atoms with Crippen molar-refractivity contribution in [3.63, 3.8) is 0 Å². The van der Waals surface area contributed by atoms with Gasteiger partial charge in [-0.05, 0) is 92.3 Å². The quantitative estimate of drug-likeness (QED) is 0.0229. The Balaban J connectivity index is 0.912. The molecule has 18 nitrogen and oxygen atoms in total. The normalized spacial score (nSPS) is 21.0. The molecule has 3 saturated heterocycles. The van der Waals surface area contributed by atoms with Gasteiger partial charge in [-0.15, -0.1) is 11.3 Å². The highest BCUT2D eigenvalue weighted by atomic mass is 32.1. The Hall–Kier alpha value is -6.40. The standard InChI is InChI=1S/C57H66F2N5O13PS/c1-55(2,3)48(61-50(67)46-29-37-28-38(21-23-45(37)79-46)57(58,59)78(72,73)77-34-76-54(71)56(4,5)6)53(70)63-31-39(30-43(63)52(69)62-25-27-75-44(33-62)36-17-12-10-13-18-36)74-26-14-9-7-8-11-16-35-19-15-20-40-41(35)32-64(51(40)68)42-22-24-47(65)60-49(42)66/h10,12-13,15,17-21,23,28-29,39,42-44,48H,7-9,14,22,24-27,30-34H2,1-6H3,(H,61,67)(H,72,73)(H,60,65,66)/t39-,42?,43-,44?,48+/m0/s1. The van der Waals surface area contributed by atoms with Crippen molar-refractivity contribution >= 4 is 70.4 Å². The predicted molar refractivity (Wildman–Crippen MR) is 287 cm³/mol. The van der Waals surface area contributed by atoms with Gasteiger partial charge in [0.15, 0.2) is 0 Å². The first-order chi connectivity index (χ1) is 37.3. The fourth-order valence-corrected chi connectivity index (χ4v) is 11.7. The average molecular weight is 1130 g/mol. The summed E-state index contributed by atoms with van der Waals surface area (Å²) in [6.07, 6.45) is 2.49. The van der Waals surface area contributed by atoms with Crippen molar-refractivity contribution in [3.05, 3.63) is 105 Å². The lowest BCUT2D eigenvalue weighted by molar-refractivity contribution is -0.160. The number of unbranched alkanes of at least 4 members (excludes halogenated alkanes) is 3. The van der Waals surface area contributed by atoms with Crippen LogP contribution in [0.1, 0.15) is 135 Å². The molecule has 1 aromatic heterocycles. The zero-order chi connectivity index (χ0) is 57.0. The predicted octanol–water partition coefficient (Wildman–Crippen LogP) is 7.80. The number of thiophene rings is 1. The van der Waals surface area contributed by atoms with E-state index in [1.54, 1.807) is 37.8 Å². The van der Waals surface area contributed by atoms with Gasteiger partial charge in [0.25, 0.3) is 11.8 Å². The number of hydrogen-bond acceptors (Lipinski definition) is 13. The van der Waals surface area contributed by atoms with Crippen LogP contribution in [0.15, 0.2) is 72.8 Å². The molecular weight excluding hydrogens is 1060 g/mol. The summed E-state index contributed by atoms with van der Waals surface area (Å²) in [7, 11) is -5.75. The number of fused-ring (bicyclic) bond motifs is 2. The van der Waals surface area contributed by atoms with Crippen molar-refractivity contribution in [2.75, 3.05) is 39.6 Å². The van der Waals surface area contributed by atoms with E-state index in [4.69, 9.17) is 14.2 Å². The molecule has 4 aliphatic heterocycles. The van der Waals surface area contributed by atoms with Gasteiger partial charge < -0.3 is 39.1 Å². The highest BCUT2D eigenvalue weighted by Gasteiger charge is 2.53. The maximum absolute atomic E-state index is 15.6. The Bertz CT molecular complexity index is 3110. The van der Waals surface area contributed by atoms with E-state index < -0.39 is 84.4 Å². The van der Waals surface area contributed by atoms with Gasteiger partial charge in [0, 0.05) is 66.9 Å². The molecule has 4 aromatic rings. The lowest BCUT2D eigenvalue weighted by Crippen LogP contribution is -2.58. The first-order valence-electron chi connectivity index (χ1n) is 26.3. The Morgan fingerprint density at radius 2 is 1.72 bits per heavy atom. The number of likely N-dealkylation sites (tertiary alicyclic amines) is 1. The van der Waals surface area contributed by atoms with Crippen molar-refractivity contribution in [2.24, 2.45) is 10.8 Å². The van der Waals surface area contributed by atoms with E-state index in [1.165, 1.54) is 42.7 Å². The molecule has 3 unspecified atom stereocenters. The number of ether oxygens (including phenoxy) is 3. The molecule has 6 atom stereocenters. The summed E-state index contributed by atoms with van der Waals surface area (Å²) in [6, 6.07) is 16.6. The number of nitrogens with zero attached hydrogens (tertiary/aromatic N) is 3. The number of alkyl halides is 2. The molecule has 0 saturated carbocycles. The number of rotatable bonds is 17. The Labute approximate surface area is 461 Å². The number of piperidine rings is 1. The minimum absolute atomic E-state index is 0.0648. The minimum atomic E-state index is -5.75. The van der Waals surface area contributed by atoms with Gasteiger partial charge in [0.1, 0.15) is 24.2 Å². The summed E-state index contributed by atoms with van der Waals surface area (Å²) < 4.78 is 66.1. The molecule has 3 fully saturated rings. The van der Waals surface area contributed by atoms with Gasteiger partial charge in [-0.2, -0.15) is 8.78 Å². The molecule has 0 bridgehead atoms. The molecule has 0 aliphatic carbocycles. The molecular formula is C57H66F2N5O13PS. The van der Waals surface area contributed by atoms with Gasteiger partial charge >= 0.3 is 19.2 Å². The second-order valence-electron chi connectivity index (χ2n) is 22.3. The molecule has 3 N–H and O–H groups in total. The van der Waals surface area contributed by atoms with Crippen LogP contribution in [0.2, 0.25) is 0 Å². The molecule has 79 heavy (non-hydrogen) atoms. The zero-order valence-electron chi connectivity index (χ0n) is 45.0. The van der Waals surface area contributed by atoms with Crippen molar-refractivity contribution in [1.29, 1.82) is 0 Å². The maximum atomic E-state index is 15.6. The van der Waals surface area contributed by atoms with Crippen LogP contribution in [0.3, 0.4) is 0 Å². The third-order valence-corrected chi connectivity index (χ3v) is 16.9. The van der Waals surface area contributed by atoms with Gasteiger partial charge in [-0.3, -0.25) is 48.0 Å². The Morgan fingerprint density at radius 3 is 2.44 bits per heavy atom. The largest absolute Gasteiger partial charge is 0.438 e. The maximum Gasteiger partial charge on any atom is 0.404 e. The summed E-state index contributed by atoms with van der Waals surface area (Å²) in [4.78, 5) is 108. The summed E-state index contributed by atoms with van der Waals surface area (Å²) in [5.74, 6) is 3.03. The summed E-state index contributed by atoms with van der Waals surface area (Å²) >= 11 is 0.962. The third kappa shape index (κ3) is 13.4. The van der Waals surface area contributed by atoms with Crippen LogP contribution >= 0.6 is 18.9 Å². The fraction of sp³-hybridized carbons (Fsp3) is 0.491. The van der Waals surface area contributed by atoms with Crippen molar-refractivity contribution in [1.82, 2.24) is 25.3 Å².